The minimum atomic E-state index is 0.586. The predicted octanol–water partition coefficient (Wildman–Crippen LogP) is 3.96. The molecule has 17 heavy (non-hydrogen) atoms. The third-order valence-electron chi connectivity index (χ3n) is 2.49. The van der Waals surface area contributed by atoms with E-state index in [9.17, 15) is 0 Å². The van der Waals surface area contributed by atoms with Gasteiger partial charge in [-0.15, -0.1) is 10.2 Å². The first kappa shape index (κ1) is 12.6. The molecule has 0 saturated carbocycles. The first-order valence-corrected chi connectivity index (χ1v) is 7.44. The summed E-state index contributed by atoms with van der Waals surface area (Å²) in [4.78, 5) is 0. The Labute approximate surface area is 110 Å². The van der Waals surface area contributed by atoms with Crippen molar-refractivity contribution in [3.05, 3.63) is 40.9 Å². The van der Waals surface area contributed by atoms with E-state index in [1.165, 1.54) is 12.0 Å². The molecule has 1 heterocycles. The Balaban J connectivity index is 1.80. The fraction of sp³-hybridized carbons (Fsp3) is 0.385. The van der Waals surface area contributed by atoms with Crippen molar-refractivity contribution in [3.8, 4) is 0 Å². The van der Waals surface area contributed by atoms with Gasteiger partial charge in [-0.05, 0) is 25.3 Å². The van der Waals surface area contributed by atoms with Crippen LogP contribution in [0.5, 0.6) is 0 Å². The van der Waals surface area contributed by atoms with Gasteiger partial charge in [0.1, 0.15) is 5.01 Å². The molecule has 0 amide bonds. The second-order valence-corrected chi connectivity index (χ2v) is 6.91. The quantitative estimate of drug-likeness (QED) is 0.764. The van der Waals surface area contributed by atoms with Crippen LogP contribution in [0, 0.1) is 6.92 Å². The number of hydrogen-bond acceptors (Lipinski definition) is 4. The topological polar surface area (TPSA) is 25.8 Å². The molecule has 2 rings (SSSR count). The highest BCUT2D eigenvalue weighted by molar-refractivity contribution is 8.01. The summed E-state index contributed by atoms with van der Waals surface area (Å²) in [5, 5.41) is 9.81. The molecule has 0 saturated heterocycles. The number of nitrogens with zero attached hydrogens (tertiary/aromatic N) is 2. The number of thioether (sulfide) groups is 1. The molecular weight excluding hydrogens is 248 g/mol. The van der Waals surface area contributed by atoms with E-state index in [4.69, 9.17) is 0 Å². The summed E-state index contributed by atoms with van der Waals surface area (Å²) in [5.41, 5.74) is 1.41. The van der Waals surface area contributed by atoms with Crippen molar-refractivity contribution in [2.75, 3.05) is 0 Å². The van der Waals surface area contributed by atoms with Crippen molar-refractivity contribution in [2.24, 2.45) is 0 Å². The Morgan fingerprint density at radius 3 is 2.65 bits per heavy atom. The summed E-state index contributed by atoms with van der Waals surface area (Å²) in [5.74, 6) is 0. The molecule has 2 nitrogen and oxygen atoms in total. The lowest BCUT2D eigenvalue weighted by atomic mass is 10.1. The first-order valence-electron chi connectivity index (χ1n) is 5.75. The van der Waals surface area contributed by atoms with Gasteiger partial charge in [-0.3, -0.25) is 0 Å². The summed E-state index contributed by atoms with van der Waals surface area (Å²) in [7, 11) is 0. The molecule has 0 radical (unpaired) electrons. The maximum Gasteiger partial charge on any atom is 0.174 e. The minimum absolute atomic E-state index is 0.586. The Morgan fingerprint density at radius 2 is 2.00 bits per heavy atom. The lowest BCUT2D eigenvalue weighted by molar-refractivity contribution is 0.809. The van der Waals surface area contributed by atoms with E-state index >= 15 is 0 Å². The summed E-state index contributed by atoms with van der Waals surface area (Å²) < 4.78 is 1.09. The molecule has 1 aromatic heterocycles. The third-order valence-corrected chi connectivity index (χ3v) is 4.59. The fourth-order valence-electron chi connectivity index (χ4n) is 1.57. The molecule has 2 aromatic rings. The highest BCUT2D eigenvalue weighted by Gasteiger charge is 2.08. The van der Waals surface area contributed by atoms with E-state index in [-0.39, 0.29) is 0 Å². The van der Waals surface area contributed by atoms with Crippen LogP contribution in [0.2, 0.25) is 0 Å². The van der Waals surface area contributed by atoms with Crippen molar-refractivity contribution in [1.82, 2.24) is 10.2 Å². The molecule has 0 aliphatic heterocycles. The van der Waals surface area contributed by atoms with Gasteiger partial charge in [-0.25, -0.2) is 0 Å². The van der Waals surface area contributed by atoms with Crippen LogP contribution in [-0.4, -0.2) is 15.4 Å². The second-order valence-electron chi connectivity index (χ2n) is 4.04. The van der Waals surface area contributed by atoms with Gasteiger partial charge in [-0.1, -0.05) is 60.4 Å². The van der Waals surface area contributed by atoms with E-state index in [2.05, 4.69) is 47.5 Å². The van der Waals surface area contributed by atoms with Gasteiger partial charge in [0.15, 0.2) is 4.34 Å². The van der Waals surface area contributed by atoms with Gasteiger partial charge in [0, 0.05) is 5.25 Å². The summed E-state index contributed by atoms with van der Waals surface area (Å²) in [6, 6.07) is 10.6. The Hall–Kier alpha value is -0.870. The molecule has 0 aliphatic rings. The monoisotopic (exact) mass is 264 g/mol. The van der Waals surface area contributed by atoms with Gasteiger partial charge in [0.25, 0.3) is 0 Å². The fourth-order valence-corrected chi connectivity index (χ4v) is 3.70. The van der Waals surface area contributed by atoms with Crippen molar-refractivity contribution >= 4 is 23.1 Å². The normalized spacial score (nSPS) is 12.6. The zero-order valence-electron chi connectivity index (χ0n) is 10.1. The maximum atomic E-state index is 4.14. The number of aromatic nitrogens is 2. The molecule has 0 aliphatic carbocycles. The van der Waals surface area contributed by atoms with Crippen molar-refractivity contribution in [2.45, 2.75) is 36.3 Å². The molecular formula is C13H16N2S2. The summed E-state index contributed by atoms with van der Waals surface area (Å²) in [6.45, 7) is 4.25. The van der Waals surface area contributed by atoms with Crippen LogP contribution in [0.3, 0.4) is 0 Å². The predicted molar refractivity (Wildman–Crippen MR) is 74.7 cm³/mol. The van der Waals surface area contributed by atoms with E-state index in [1.54, 1.807) is 11.3 Å². The number of aryl methyl sites for hydroxylation is 2. The number of benzene rings is 1. The van der Waals surface area contributed by atoms with Crippen molar-refractivity contribution < 1.29 is 0 Å². The average molecular weight is 264 g/mol. The molecule has 1 aromatic carbocycles. The van der Waals surface area contributed by atoms with Crippen LogP contribution < -0.4 is 0 Å². The van der Waals surface area contributed by atoms with Crippen LogP contribution in [0.1, 0.15) is 23.9 Å². The zero-order valence-corrected chi connectivity index (χ0v) is 11.7. The highest BCUT2D eigenvalue weighted by Crippen LogP contribution is 2.28. The van der Waals surface area contributed by atoms with E-state index in [1.807, 2.05) is 18.7 Å². The van der Waals surface area contributed by atoms with Gasteiger partial charge >= 0.3 is 0 Å². The largest absolute Gasteiger partial charge is 0.174 e. The van der Waals surface area contributed by atoms with Gasteiger partial charge in [0.2, 0.25) is 0 Å². The minimum Gasteiger partial charge on any atom is -0.143 e. The Kier molecular flexibility index (Phi) is 4.57. The van der Waals surface area contributed by atoms with Crippen LogP contribution in [0.4, 0.5) is 0 Å². The molecule has 0 fully saturated rings. The summed E-state index contributed by atoms with van der Waals surface area (Å²) >= 11 is 3.51. The van der Waals surface area contributed by atoms with E-state index in [0.29, 0.717) is 5.25 Å². The van der Waals surface area contributed by atoms with Crippen LogP contribution in [0.25, 0.3) is 0 Å². The number of hydrogen-bond donors (Lipinski definition) is 0. The second kappa shape index (κ2) is 6.17. The first-order chi connectivity index (χ1) is 8.24. The lowest BCUT2D eigenvalue weighted by Crippen LogP contribution is -1.98. The third kappa shape index (κ3) is 4.13. The van der Waals surface area contributed by atoms with Crippen LogP contribution in [-0.2, 0) is 6.42 Å². The maximum absolute atomic E-state index is 4.14. The smallest absolute Gasteiger partial charge is 0.143 e. The Bertz CT molecular complexity index is 453. The van der Waals surface area contributed by atoms with Gasteiger partial charge in [0.05, 0.1) is 0 Å². The Morgan fingerprint density at radius 1 is 1.24 bits per heavy atom. The molecule has 1 unspecified atom stereocenters. The standard InChI is InChI=1S/C13H16N2S2/c1-10(16-13-15-14-11(2)17-13)8-9-12-6-4-3-5-7-12/h3-7,10H,8-9H2,1-2H3. The van der Waals surface area contributed by atoms with E-state index < -0.39 is 0 Å². The van der Waals surface area contributed by atoms with Crippen molar-refractivity contribution in [1.29, 1.82) is 0 Å². The summed E-state index contributed by atoms with van der Waals surface area (Å²) in [6.07, 6.45) is 2.31. The SMILES string of the molecule is Cc1nnc(SC(C)CCc2ccccc2)s1. The average Bonchev–Trinajstić information content (AvgIpc) is 2.73. The molecule has 90 valence electrons. The van der Waals surface area contributed by atoms with Gasteiger partial charge < -0.3 is 0 Å². The number of rotatable bonds is 5. The van der Waals surface area contributed by atoms with Gasteiger partial charge in [-0.2, -0.15) is 0 Å². The zero-order chi connectivity index (χ0) is 12.1. The van der Waals surface area contributed by atoms with Crippen molar-refractivity contribution in [3.63, 3.8) is 0 Å². The molecule has 0 bridgehead atoms. The molecule has 0 spiro atoms. The molecule has 0 N–H and O–H groups in total. The molecule has 1 atom stereocenters. The molecule has 4 heteroatoms. The van der Waals surface area contributed by atoms with Crippen LogP contribution in [0.15, 0.2) is 34.7 Å². The lowest BCUT2D eigenvalue weighted by Gasteiger charge is -2.08. The van der Waals surface area contributed by atoms with Crippen LogP contribution >= 0.6 is 23.1 Å². The van der Waals surface area contributed by atoms with E-state index in [0.717, 1.165) is 15.8 Å². The highest BCUT2D eigenvalue weighted by atomic mass is 32.2.